The topological polar surface area (TPSA) is 52.3 Å². The number of carbonyl (C=O) groups excluding carboxylic acids is 1. The molecule has 1 atom stereocenters. The molecule has 0 bridgehead atoms. The zero-order chi connectivity index (χ0) is 11.3. The third-order valence-corrected chi connectivity index (χ3v) is 1.99. The Labute approximate surface area is 102 Å². The molecule has 1 rings (SSSR count). The fourth-order valence-corrected chi connectivity index (χ4v) is 1.26. The number of nitrogens with two attached hydrogens (primary N) is 1. The average Bonchev–Trinajstić information content (AvgIpc) is 2.18. The van der Waals surface area contributed by atoms with Gasteiger partial charge in [-0.25, -0.2) is 0 Å². The molecule has 4 heteroatoms. The van der Waals surface area contributed by atoms with Crippen LogP contribution in [0.2, 0.25) is 0 Å². The highest BCUT2D eigenvalue weighted by molar-refractivity contribution is 5.85. The summed E-state index contributed by atoms with van der Waals surface area (Å²) in [6.07, 6.45) is 2.51. The van der Waals surface area contributed by atoms with Gasteiger partial charge in [0, 0.05) is 13.0 Å². The molecule has 0 heterocycles. The molecule has 0 fully saturated rings. The molecule has 0 saturated heterocycles. The van der Waals surface area contributed by atoms with E-state index in [4.69, 9.17) is 10.5 Å². The van der Waals surface area contributed by atoms with Crippen LogP contribution in [0.3, 0.4) is 0 Å². The van der Waals surface area contributed by atoms with E-state index in [2.05, 4.69) is 6.58 Å². The van der Waals surface area contributed by atoms with E-state index in [1.54, 1.807) is 18.2 Å². The van der Waals surface area contributed by atoms with Gasteiger partial charge in [-0.15, -0.1) is 19.0 Å². The van der Waals surface area contributed by atoms with Gasteiger partial charge >= 0.3 is 5.97 Å². The first-order valence-electron chi connectivity index (χ1n) is 4.78. The normalized spacial score (nSPS) is 11.1. The number of hydrogen-bond acceptors (Lipinski definition) is 3. The molecular weight excluding hydrogens is 226 g/mol. The SMILES string of the molecule is C=CC[C@@H](N)c1ccc(OC(C)=O)cc1.Cl. The van der Waals surface area contributed by atoms with Gasteiger partial charge in [0.2, 0.25) is 0 Å². The molecule has 3 nitrogen and oxygen atoms in total. The van der Waals surface area contributed by atoms with Crippen molar-refractivity contribution < 1.29 is 9.53 Å². The van der Waals surface area contributed by atoms with Crippen molar-refractivity contribution in [2.45, 2.75) is 19.4 Å². The molecular formula is C12H16ClNO2. The van der Waals surface area contributed by atoms with E-state index in [0.29, 0.717) is 5.75 Å². The second kappa shape index (κ2) is 7.04. The largest absolute Gasteiger partial charge is 0.427 e. The lowest BCUT2D eigenvalue weighted by atomic mass is 10.0. The summed E-state index contributed by atoms with van der Waals surface area (Å²) in [5, 5.41) is 0. The summed E-state index contributed by atoms with van der Waals surface area (Å²) in [6, 6.07) is 7.13. The zero-order valence-electron chi connectivity index (χ0n) is 9.18. The molecule has 1 aromatic carbocycles. The van der Waals surface area contributed by atoms with Gasteiger partial charge in [0.05, 0.1) is 0 Å². The van der Waals surface area contributed by atoms with Gasteiger partial charge < -0.3 is 10.5 Å². The molecule has 0 spiro atoms. The number of benzene rings is 1. The third-order valence-electron chi connectivity index (χ3n) is 1.99. The Balaban J connectivity index is 0.00000225. The van der Waals surface area contributed by atoms with Crippen LogP contribution in [-0.4, -0.2) is 5.97 Å². The van der Waals surface area contributed by atoms with Crippen molar-refractivity contribution in [3.63, 3.8) is 0 Å². The molecule has 0 saturated carbocycles. The van der Waals surface area contributed by atoms with Crippen LogP contribution >= 0.6 is 12.4 Å². The number of carbonyl (C=O) groups is 1. The summed E-state index contributed by atoms with van der Waals surface area (Å²) in [5.74, 6) is 0.218. The van der Waals surface area contributed by atoms with Gasteiger partial charge in [-0.2, -0.15) is 0 Å². The number of halogens is 1. The summed E-state index contributed by atoms with van der Waals surface area (Å²) in [4.78, 5) is 10.7. The van der Waals surface area contributed by atoms with Gasteiger partial charge in [-0.3, -0.25) is 4.79 Å². The van der Waals surface area contributed by atoms with Crippen molar-refractivity contribution in [1.29, 1.82) is 0 Å². The first kappa shape index (κ1) is 14.7. The number of ether oxygens (including phenoxy) is 1. The van der Waals surface area contributed by atoms with Crippen molar-refractivity contribution in [1.82, 2.24) is 0 Å². The Morgan fingerprint density at radius 1 is 1.50 bits per heavy atom. The van der Waals surface area contributed by atoms with Crippen molar-refractivity contribution in [2.75, 3.05) is 0 Å². The monoisotopic (exact) mass is 241 g/mol. The Morgan fingerprint density at radius 2 is 2.06 bits per heavy atom. The standard InChI is InChI=1S/C12H15NO2.ClH/c1-3-4-12(13)10-5-7-11(8-6-10)15-9(2)14;/h3,5-8,12H,1,4,13H2,2H3;1H/t12-;/m1./s1. The average molecular weight is 242 g/mol. The van der Waals surface area contributed by atoms with Crippen LogP contribution in [0.25, 0.3) is 0 Å². The smallest absolute Gasteiger partial charge is 0.308 e. The molecule has 0 amide bonds. The molecule has 0 aliphatic heterocycles. The van der Waals surface area contributed by atoms with Crippen molar-refractivity contribution in [3.05, 3.63) is 42.5 Å². The van der Waals surface area contributed by atoms with Gasteiger partial charge in [-0.05, 0) is 24.1 Å². The lowest BCUT2D eigenvalue weighted by molar-refractivity contribution is -0.131. The maximum absolute atomic E-state index is 10.7. The molecule has 1 aromatic rings. The van der Waals surface area contributed by atoms with E-state index < -0.39 is 0 Å². The van der Waals surface area contributed by atoms with Gasteiger partial charge in [0.25, 0.3) is 0 Å². The highest BCUT2D eigenvalue weighted by Crippen LogP contribution is 2.18. The van der Waals surface area contributed by atoms with Crippen LogP contribution in [0.15, 0.2) is 36.9 Å². The number of hydrogen-bond donors (Lipinski definition) is 1. The minimum Gasteiger partial charge on any atom is -0.427 e. The minimum absolute atomic E-state index is 0. The van der Waals surface area contributed by atoms with E-state index in [1.807, 2.05) is 12.1 Å². The minimum atomic E-state index is -0.321. The van der Waals surface area contributed by atoms with E-state index in [9.17, 15) is 4.79 Å². The van der Waals surface area contributed by atoms with Crippen LogP contribution in [0.4, 0.5) is 0 Å². The predicted molar refractivity (Wildman–Crippen MR) is 66.7 cm³/mol. The molecule has 0 aliphatic rings. The van der Waals surface area contributed by atoms with E-state index >= 15 is 0 Å². The molecule has 0 unspecified atom stereocenters. The lowest BCUT2D eigenvalue weighted by Crippen LogP contribution is -2.09. The van der Waals surface area contributed by atoms with Crippen LogP contribution in [0, 0.1) is 0 Å². The van der Waals surface area contributed by atoms with Gasteiger partial charge in [0.1, 0.15) is 5.75 Å². The third kappa shape index (κ3) is 4.47. The molecule has 2 N–H and O–H groups in total. The van der Waals surface area contributed by atoms with Crippen molar-refractivity contribution >= 4 is 18.4 Å². The summed E-state index contributed by atoms with van der Waals surface area (Å²) < 4.78 is 4.91. The predicted octanol–water partition coefficient (Wildman–Crippen LogP) is 2.61. The van der Waals surface area contributed by atoms with Crippen molar-refractivity contribution in [3.8, 4) is 5.75 Å². The van der Waals surface area contributed by atoms with Crippen LogP contribution < -0.4 is 10.5 Å². The molecule has 88 valence electrons. The van der Waals surface area contributed by atoms with E-state index in [0.717, 1.165) is 12.0 Å². The van der Waals surface area contributed by atoms with Crippen LogP contribution in [0.1, 0.15) is 24.9 Å². The summed E-state index contributed by atoms with van der Waals surface area (Å²) in [5.41, 5.74) is 6.88. The Hall–Kier alpha value is -1.32. The maximum Gasteiger partial charge on any atom is 0.308 e. The summed E-state index contributed by atoms with van der Waals surface area (Å²) in [7, 11) is 0. The summed E-state index contributed by atoms with van der Waals surface area (Å²) >= 11 is 0. The quantitative estimate of drug-likeness (QED) is 0.501. The fourth-order valence-electron chi connectivity index (χ4n) is 1.26. The van der Waals surface area contributed by atoms with Crippen LogP contribution in [0.5, 0.6) is 5.75 Å². The van der Waals surface area contributed by atoms with Crippen LogP contribution in [-0.2, 0) is 4.79 Å². The van der Waals surface area contributed by atoms with Crippen molar-refractivity contribution in [2.24, 2.45) is 5.73 Å². The summed E-state index contributed by atoms with van der Waals surface area (Å²) in [6.45, 7) is 5.01. The highest BCUT2D eigenvalue weighted by atomic mass is 35.5. The van der Waals surface area contributed by atoms with Gasteiger partial charge in [0.15, 0.2) is 0 Å². The second-order valence-corrected chi connectivity index (χ2v) is 3.29. The number of rotatable bonds is 4. The molecule has 16 heavy (non-hydrogen) atoms. The Bertz CT molecular complexity index is 349. The lowest BCUT2D eigenvalue weighted by Gasteiger charge is -2.09. The fraction of sp³-hybridized carbons (Fsp3) is 0.250. The molecule has 0 aromatic heterocycles. The Morgan fingerprint density at radius 3 is 2.50 bits per heavy atom. The maximum atomic E-state index is 10.7. The highest BCUT2D eigenvalue weighted by Gasteiger charge is 2.04. The second-order valence-electron chi connectivity index (χ2n) is 3.29. The van der Waals surface area contributed by atoms with E-state index in [-0.39, 0.29) is 24.4 Å². The first-order chi connectivity index (χ1) is 7.13. The van der Waals surface area contributed by atoms with Gasteiger partial charge in [-0.1, -0.05) is 18.2 Å². The number of esters is 1. The first-order valence-corrected chi connectivity index (χ1v) is 4.78. The zero-order valence-corrected chi connectivity index (χ0v) is 10.00. The van der Waals surface area contributed by atoms with E-state index in [1.165, 1.54) is 6.92 Å². The molecule has 0 radical (unpaired) electrons. The Kier molecular flexibility index (Phi) is 6.46. The molecule has 0 aliphatic carbocycles.